The van der Waals surface area contributed by atoms with Crippen LogP contribution in [0.5, 0.6) is 5.88 Å². The first-order valence-corrected chi connectivity index (χ1v) is 7.21. The van der Waals surface area contributed by atoms with Crippen molar-refractivity contribution < 1.29 is 9.66 Å². The van der Waals surface area contributed by atoms with E-state index in [0.717, 1.165) is 19.4 Å². The molecule has 7 nitrogen and oxygen atoms in total. The van der Waals surface area contributed by atoms with Crippen molar-refractivity contribution in [2.75, 3.05) is 13.2 Å². The Morgan fingerprint density at radius 2 is 2.35 bits per heavy atom. The highest BCUT2D eigenvalue weighted by Crippen LogP contribution is 2.30. The van der Waals surface area contributed by atoms with Crippen molar-refractivity contribution >= 4 is 5.69 Å². The zero-order valence-corrected chi connectivity index (χ0v) is 12.1. The summed E-state index contributed by atoms with van der Waals surface area (Å²) in [5, 5.41) is 18.7. The van der Waals surface area contributed by atoms with E-state index in [1.54, 1.807) is 11.6 Å². The van der Waals surface area contributed by atoms with Gasteiger partial charge >= 0.3 is 5.69 Å². The topological polar surface area (TPSA) is 82.2 Å². The molecular weight excluding hydrogens is 260 g/mol. The Morgan fingerprint density at radius 3 is 2.95 bits per heavy atom. The van der Waals surface area contributed by atoms with Gasteiger partial charge in [-0.1, -0.05) is 6.42 Å². The Kier molecular flexibility index (Phi) is 4.94. The summed E-state index contributed by atoms with van der Waals surface area (Å²) in [5.41, 5.74) is 0.395. The first kappa shape index (κ1) is 14.8. The van der Waals surface area contributed by atoms with Crippen molar-refractivity contribution in [2.24, 2.45) is 0 Å². The molecule has 7 heteroatoms. The van der Waals surface area contributed by atoms with E-state index in [-0.39, 0.29) is 11.6 Å². The van der Waals surface area contributed by atoms with Gasteiger partial charge in [0.05, 0.1) is 11.5 Å². The molecule has 2 heterocycles. The highest BCUT2D eigenvalue weighted by atomic mass is 16.6. The van der Waals surface area contributed by atoms with Crippen LogP contribution in [0.2, 0.25) is 0 Å². The van der Waals surface area contributed by atoms with E-state index in [2.05, 4.69) is 10.4 Å². The van der Waals surface area contributed by atoms with E-state index in [0.29, 0.717) is 24.9 Å². The monoisotopic (exact) mass is 282 g/mol. The lowest BCUT2D eigenvalue weighted by molar-refractivity contribution is -0.386. The van der Waals surface area contributed by atoms with Crippen molar-refractivity contribution in [3.8, 4) is 5.88 Å². The molecule has 1 aromatic heterocycles. The molecule has 0 bridgehead atoms. The van der Waals surface area contributed by atoms with Gasteiger partial charge in [-0.05, 0) is 39.7 Å². The number of nitrogens with one attached hydrogen (secondary N) is 1. The predicted octanol–water partition coefficient (Wildman–Crippen LogP) is 2.03. The number of nitro groups is 1. The molecule has 1 N–H and O–H groups in total. The zero-order valence-electron chi connectivity index (χ0n) is 12.1. The van der Waals surface area contributed by atoms with Crippen LogP contribution < -0.4 is 10.1 Å². The smallest absolute Gasteiger partial charge is 0.353 e. The number of aromatic nitrogens is 2. The van der Waals surface area contributed by atoms with Gasteiger partial charge in [0.25, 0.3) is 5.88 Å². The number of nitrogens with zero attached hydrogens (tertiary/aromatic N) is 3. The van der Waals surface area contributed by atoms with E-state index in [1.807, 2.05) is 6.92 Å². The molecule has 0 aromatic carbocycles. The summed E-state index contributed by atoms with van der Waals surface area (Å²) in [6.07, 6.45) is 4.48. The van der Waals surface area contributed by atoms with Crippen LogP contribution in [0.25, 0.3) is 0 Å². The van der Waals surface area contributed by atoms with E-state index >= 15 is 0 Å². The van der Waals surface area contributed by atoms with Crippen LogP contribution in [0.4, 0.5) is 5.69 Å². The molecule has 1 aliphatic rings. The third kappa shape index (κ3) is 3.27. The van der Waals surface area contributed by atoms with Gasteiger partial charge in [0.2, 0.25) is 0 Å². The molecule has 1 saturated heterocycles. The molecule has 1 unspecified atom stereocenters. The van der Waals surface area contributed by atoms with Gasteiger partial charge in [0, 0.05) is 12.6 Å². The Bertz CT molecular complexity index is 466. The summed E-state index contributed by atoms with van der Waals surface area (Å²) in [4.78, 5) is 10.7. The van der Waals surface area contributed by atoms with E-state index < -0.39 is 4.92 Å². The molecule has 0 amide bonds. The SMILES string of the molecule is CCn1nc(C)c([N+](=O)[O-])c1OCCC1CCCCN1. The lowest BCUT2D eigenvalue weighted by Crippen LogP contribution is -2.35. The molecule has 0 saturated carbocycles. The Balaban J connectivity index is 1.98. The molecule has 1 fully saturated rings. The lowest BCUT2D eigenvalue weighted by atomic mass is 10.0. The quantitative estimate of drug-likeness (QED) is 0.637. The van der Waals surface area contributed by atoms with Crippen LogP contribution in [0.1, 0.15) is 38.3 Å². The van der Waals surface area contributed by atoms with Crippen molar-refractivity contribution in [3.05, 3.63) is 15.8 Å². The lowest BCUT2D eigenvalue weighted by Gasteiger charge is -2.23. The molecule has 112 valence electrons. The third-order valence-corrected chi connectivity index (χ3v) is 3.65. The number of rotatable bonds is 6. The van der Waals surface area contributed by atoms with Crippen molar-refractivity contribution in [2.45, 2.75) is 52.1 Å². The second-order valence-corrected chi connectivity index (χ2v) is 5.10. The van der Waals surface area contributed by atoms with Crippen molar-refractivity contribution in [1.82, 2.24) is 15.1 Å². The number of piperidine rings is 1. The first-order valence-electron chi connectivity index (χ1n) is 7.21. The minimum atomic E-state index is -0.414. The normalized spacial score (nSPS) is 19.0. The van der Waals surface area contributed by atoms with Gasteiger partial charge in [0.15, 0.2) is 0 Å². The molecule has 1 aromatic rings. The molecule has 0 radical (unpaired) electrons. The molecule has 2 rings (SSSR count). The largest absolute Gasteiger partial charge is 0.473 e. The summed E-state index contributed by atoms with van der Waals surface area (Å²) in [5.74, 6) is 0.283. The Morgan fingerprint density at radius 1 is 1.55 bits per heavy atom. The van der Waals surface area contributed by atoms with E-state index in [9.17, 15) is 10.1 Å². The molecule has 0 aliphatic carbocycles. The van der Waals surface area contributed by atoms with E-state index in [1.165, 1.54) is 12.8 Å². The number of hydrogen-bond acceptors (Lipinski definition) is 5. The van der Waals surface area contributed by atoms with Gasteiger partial charge in [-0.25, -0.2) is 4.68 Å². The fourth-order valence-electron chi connectivity index (χ4n) is 2.59. The van der Waals surface area contributed by atoms with Crippen LogP contribution >= 0.6 is 0 Å². The number of hydrogen-bond donors (Lipinski definition) is 1. The maximum absolute atomic E-state index is 11.1. The second-order valence-electron chi connectivity index (χ2n) is 5.10. The summed E-state index contributed by atoms with van der Waals surface area (Å²) in [7, 11) is 0. The molecule has 1 aliphatic heterocycles. The van der Waals surface area contributed by atoms with Crippen LogP contribution in [0.3, 0.4) is 0 Å². The fraction of sp³-hybridized carbons (Fsp3) is 0.769. The molecule has 0 spiro atoms. The standard InChI is InChI=1S/C13H22N4O3/c1-3-16-13(12(17(18)19)10(2)15-16)20-9-7-11-6-4-5-8-14-11/h11,14H,3-9H2,1-2H3. The average molecular weight is 282 g/mol. The Hall–Kier alpha value is -1.63. The Labute approximate surface area is 118 Å². The summed E-state index contributed by atoms with van der Waals surface area (Å²) in [6.45, 7) is 5.62. The summed E-state index contributed by atoms with van der Waals surface area (Å²) in [6, 6.07) is 0.460. The van der Waals surface area contributed by atoms with Crippen LogP contribution in [0, 0.1) is 17.0 Å². The average Bonchev–Trinajstić information content (AvgIpc) is 2.76. The summed E-state index contributed by atoms with van der Waals surface area (Å²) >= 11 is 0. The van der Waals surface area contributed by atoms with Gasteiger partial charge in [-0.15, -0.1) is 0 Å². The van der Waals surface area contributed by atoms with Gasteiger partial charge < -0.3 is 10.1 Å². The maximum Gasteiger partial charge on any atom is 0.353 e. The fourth-order valence-corrected chi connectivity index (χ4v) is 2.59. The van der Waals surface area contributed by atoms with Gasteiger partial charge in [-0.2, -0.15) is 5.10 Å². The van der Waals surface area contributed by atoms with Crippen LogP contribution in [0.15, 0.2) is 0 Å². The molecule has 1 atom stereocenters. The zero-order chi connectivity index (χ0) is 14.5. The highest BCUT2D eigenvalue weighted by molar-refractivity contribution is 5.45. The minimum absolute atomic E-state index is 0.0107. The third-order valence-electron chi connectivity index (χ3n) is 3.65. The first-order chi connectivity index (χ1) is 9.63. The van der Waals surface area contributed by atoms with Gasteiger partial charge in [0.1, 0.15) is 5.69 Å². The molecular formula is C13H22N4O3. The van der Waals surface area contributed by atoms with Crippen LogP contribution in [-0.2, 0) is 6.54 Å². The van der Waals surface area contributed by atoms with E-state index in [4.69, 9.17) is 4.74 Å². The van der Waals surface area contributed by atoms with Crippen molar-refractivity contribution in [1.29, 1.82) is 0 Å². The maximum atomic E-state index is 11.1. The minimum Gasteiger partial charge on any atom is -0.473 e. The summed E-state index contributed by atoms with van der Waals surface area (Å²) < 4.78 is 7.22. The second kappa shape index (κ2) is 6.69. The van der Waals surface area contributed by atoms with Gasteiger partial charge in [-0.3, -0.25) is 10.1 Å². The number of aryl methyl sites for hydroxylation is 2. The molecule has 20 heavy (non-hydrogen) atoms. The van der Waals surface area contributed by atoms with Crippen LogP contribution in [-0.4, -0.2) is 33.9 Å². The number of ether oxygens (including phenoxy) is 1. The van der Waals surface area contributed by atoms with Crippen molar-refractivity contribution in [3.63, 3.8) is 0 Å². The highest BCUT2D eigenvalue weighted by Gasteiger charge is 2.26. The predicted molar refractivity (Wildman–Crippen MR) is 75.0 cm³/mol.